The maximum Gasteiger partial charge on any atom is 0.270 e. The molecule has 2 aromatic rings. The standard InChI is InChI=1S/C18H23F2N3O/c1-3-24-17-9-16(22-23-17)14-8-13(10-21-11-14)12-4-6-15(7-5-12)18(2,19)20/h4-7,9,13-14,21H,3,8,10-11H2,1-2H3,(H,22,23). The van der Waals surface area contributed by atoms with E-state index in [-0.39, 0.29) is 5.56 Å². The summed E-state index contributed by atoms with van der Waals surface area (Å²) in [5.41, 5.74) is 2.19. The third-order valence-electron chi connectivity index (χ3n) is 4.55. The van der Waals surface area contributed by atoms with E-state index in [1.807, 2.05) is 25.1 Å². The second kappa shape index (κ2) is 6.89. The van der Waals surface area contributed by atoms with Crippen LogP contribution in [0.3, 0.4) is 0 Å². The lowest BCUT2D eigenvalue weighted by Crippen LogP contribution is -2.34. The van der Waals surface area contributed by atoms with Gasteiger partial charge in [-0.05, 0) is 24.8 Å². The predicted octanol–water partition coefficient (Wildman–Crippen LogP) is 3.78. The van der Waals surface area contributed by atoms with Gasteiger partial charge in [0.1, 0.15) is 0 Å². The van der Waals surface area contributed by atoms with Crippen molar-refractivity contribution in [3.63, 3.8) is 0 Å². The Morgan fingerprint density at radius 1 is 1.21 bits per heavy atom. The molecule has 1 fully saturated rings. The van der Waals surface area contributed by atoms with Gasteiger partial charge < -0.3 is 10.1 Å². The van der Waals surface area contributed by atoms with Gasteiger partial charge in [0.2, 0.25) is 5.88 Å². The van der Waals surface area contributed by atoms with Crippen LogP contribution in [0, 0.1) is 0 Å². The van der Waals surface area contributed by atoms with Gasteiger partial charge in [0, 0.05) is 43.3 Å². The van der Waals surface area contributed by atoms with E-state index in [1.54, 1.807) is 0 Å². The quantitative estimate of drug-likeness (QED) is 0.874. The third kappa shape index (κ3) is 3.75. The van der Waals surface area contributed by atoms with Crippen LogP contribution in [0.5, 0.6) is 5.88 Å². The first-order valence-electron chi connectivity index (χ1n) is 8.34. The summed E-state index contributed by atoms with van der Waals surface area (Å²) in [5, 5.41) is 10.6. The van der Waals surface area contributed by atoms with Crippen molar-refractivity contribution in [2.24, 2.45) is 0 Å². The minimum Gasteiger partial charge on any atom is -0.477 e. The Labute approximate surface area is 140 Å². The molecule has 2 N–H and O–H groups in total. The molecule has 2 heterocycles. The van der Waals surface area contributed by atoms with Crippen molar-refractivity contribution in [2.75, 3.05) is 19.7 Å². The van der Waals surface area contributed by atoms with Crippen LogP contribution in [0.15, 0.2) is 30.3 Å². The molecule has 1 aromatic heterocycles. The fourth-order valence-corrected chi connectivity index (χ4v) is 3.23. The highest BCUT2D eigenvalue weighted by atomic mass is 19.3. The number of rotatable bonds is 5. The number of nitrogens with one attached hydrogen (secondary N) is 2. The third-order valence-corrected chi connectivity index (χ3v) is 4.55. The van der Waals surface area contributed by atoms with Gasteiger partial charge in [-0.1, -0.05) is 24.3 Å². The van der Waals surface area contributed by atoms with E-state index in [0.29, 0.717) is 24.3 Å². The molecule has 0 aliphatic carbocycles. The Morgan fingerprint density at radius 3 is 2.58 bits per heavy atom. The van der Waals surface area contributed by atoms with Crippen LogP contribution in [-0.4, -0.2) is 29.9 Å². The highest BCUT2D eigenvalue weighted by Crippen LogP contribution is 2.34. The lowest BCUT2D eigenvalue weighted by atomic mass is 9.84. The average Bonchev–Trinajstić information content (AvgIpc) is 3.03. The Balaban J connectivity index is 1.70. The number of aromatic nitrogens is 2. The molecule has 2 unspecified atom stereocenters. The smallest absolute Gasteiger partial charge is 0.270 e. The summed E-state index contributed by atoms with van der Waals surface area (Å²) in [6, 6.07) is 8.64. The van der Waals surface area contributed by atoms with E-state index in [1.165, 1.54) is 12.1 Å². The molecular weight excluding hydrogens is 312 g/mol. The molecule has 130 valence electrons. The monoisotopic (exact) mass is 335 g/mol. The van der Waals surface area contributed by atoms with E-state index in [0.717, 1.165) is 37.7 Å². The van der Waals surface area contributed by atoms with Gasteiger partial charge in [-0.2, -0.15) is 0 Å². The number of hydrogen-bond acceptors (Lipinski definition) is 3. The second-order valence-electron chi connectivity index (χ2n) is 6.39. The molecule has 1 saturated heterocycles. The van der Waals surface area contributed by atoms with Crippen molar-refractivity contribution in [1.82, 2.24) is 15.5 Å². The zero-order valence-electron chi connectivity index (χ0n) is 14.0. The van der Waals surface area contributed by atoms with Crippen molar-refractivity contribution in [1.29, 1.82) is 0 Å². The van der Waals surface area contributed by atoms with Crippen molar-refractivity contribution < 1.29 is 13.5 Å². The maximum absolute atomic E-state index is 13.3. The highest BCUT2D eigenvalue weighted by Gasteiger charge is 2.27. The first-order valence-corrected chi connectivity index (χ1v) is 8.34. The van der Waals surface area contributed by atoms with E-state index >= 15 is 0 Å². The van der Waals surface area contributed by atoms with Crippen LogP contribution in [0.4, 0.5) is 8.78 Å². The molecule has 1 aromatic carbocycles. The molecule has 0 radical (unpaired) electrons. The Hall–Kier alpha value is -1.95. The van der Waals surface area contributed by atoms with Crippen molar-refractivity contribution in [3.8, 4) is 5.88 Å². The first kappa shape index (κ1) is 16.9. The normalized spacial score (nSPS) is 21.7. The summed E-state index contributed by atoms with van der Waals surface area (Å²) < 4.78 is 32.1. The van der Waals surface area contributed by atoms with Crippen LogP contribution in [0.25, 0.3) is 0 Å². The zero-order valence-corrected chi connectivity index (χ0v) is 14.0. The summed E-state index contributed by atoms with van der Waals surface area (Å²) >= 11 is 0. The molecule has 6 heteroatoms. The fraction of sp³-hybridized carbons (Fsp3) is 0.500. The fourth-order valence-electron chi connectivity index (χ4n) is 3.23. The van der Waals surface area contributed by atoms with Crippen LogP contribution in [0.2, 0.25) is 0 Å². The van der Waals surface area contributed by atoms with Gasteiger partial charge in [-0.15, -0.1) is 5.10 Å². The summed E-state index contributed by atoms with van der Waals surface area (Å²) in [7, 11) is 0. The number of H-pyrrole nitrogens is 1. The maximum atomic E-state index is 13.3. The number of halogens is 2. The highest BCUT2D eigenvalue weighted by molar-refractivity contribution is 5.29. The second-order valence-corrected chi connectivity index (χ2v) is 6.39. The van der Waals surface area contributed by atoms with Crippen molar-refractivity contribution in [3.05, 3.63) is 47.2 Å². The number of piperidine rings is 1. The molecule has 4 nitrogen and oxygen atoms in total. The number of benzene rings is 1. The summed E-state index contributed by atoms with van der Waals surface area (Å²) in [6.45, 7) is 5.16. The molecule has 1 aliphatic rings. The number of nitrogens with zero attached hydrogens (tertiary/aromatic N) is 1. The lowest BCUT2D eigenvalue weighted by molar-refractivity contribution is 0.0174. The number of hydrogen-bond donors (Lipinski definition) is 2. The van der Waals surface area contributed by atoms with Crippen LogP contribution in [0.1, 0.15) is 48.9 Å². The number of alkyl halides is 2. The van der Waals surface area contributed by atoms with Gasteiger partial charge in [0.15, 0.2) is 0 Å². The summed E-state index contributed by atoms with van der Waals surface area (Å²) in [4.78, 5) is 0. The Bertz CT molecular complexity index is 664. The Morgan fingerprint density at radius 2 is 1.92 bits per heavy atom. The topological polar surface area (TPSA) is 49.9 Å². The molecule has 0 amide bonds. The van der Waals surface area contributed by atoms with Crippen LogP contribution in [-0.2, 0) is 5.92 Å². The van der Waals surface area contributed by atoms with E-state index in [4.69, 9.17) is 4.74 Å². The number of ether oxygens (including phenoxy) is 1. The molecule has 0 bridgehead atoms. The van der Waals surface area contributed by atoms with Crippen LogP contribution < -0.4 is 10.1 Å². The van der Waals surface area contributed by atoms with Crippen molar-refractivity contribution in [2.45, 2.75) is 38.0 Å². The summed E-state index contributed by atoms with van der Waals surface area (Å²) in [6.07, 6.45) is 0.947. The minimum atomic E-state index is -2.79. The van der Waals surface area contributed by atoms with E-state index in [9.17, 15) is 8.78 Å². The van der Waals surface area contributed by atoms with E-state index in [2.05, 4.69) is 15.5 Å². The molecule has 2 atom stereocenters. The molecule has 3 rings (SSSR count). The first-order chi connectivity index (χ1) is 11.5. The SMILES string of the molecule is CCOc1cc(C2CNCC(c3ccc(C(C)(F)F)cc3)C2)[nH]n1. The molecule has 1 aliphatic heterocycles. The predicted molar refractivity (Wildman–Crippen MR) is 88.7 cm³/mol. The van der Waals surface area contributed by atoms with Gasteiger partial charge in [-0.25, -0.2) is 8.78 Å². The average molecular weight is 335 g/mol. The number of aromatic amines is 1. The van der Waals surface area contributed by atoms with E-state index < -0.39 is 5.92 Å². The Kier molecular flexibility index (Phi) is 4.85. The molecule has 0 saturated carbocycles. The van der Waals surface area contributed by atoms with Gasteiger partial charge in [-0.3, -0.25) is 5.10 Å². The van der Waals surface area contributed by atoms with Gasteiger partial charge in [0.25, 0.3) is 5.92 Å². The molecule has 24 heavy (non-hydrogen) atoms. The van der Waals surface area contributed by atoms with Gasteiger partial charge >= 0.3 is 0 Å². The minimum absolute atomic E-state index is 0.0569. The zero-order chi connectivity index (χ0) is 17.2. The molecule has 0 spiro atoms. The molecular formula is C18H23F2N3O. The van der Waals surface area contributed by atoms with Crippen LogP contribution >= 0.6 is 0 Å². The van der Waals surface area contributed by atoms with Gasteiger partial charge in [0.05, 0.1) is 6.61 Å². The summed E-state index contributed by atoms with van der Waals surface area (Å²) in [5.74, 6) is -1.58. The largest absolute Gasteiger partial charge is 0.477 e. The lowest BCUT2D eigenvalue weighted by Gasteiger charge is -2.30. The van der Waals surface area contributed by atoms with Crippen molar-refractivity contribution >= 4 is 0 Å².